The second-order valence-corrected chi connectivity index (χ2v) is 7.74. The highest BCUT2D eigenvalue weighted by Crippen LogP contribution is 2.22. The van der Waals surface area contributed by atoms with E-state index in [1.165, 1.54) is 19.4 Å². The molecule has 0 saturated carbocycles. The molecular formula is C24H28N6O. The number of methoxy groups -OCH3 is 1. The van der Waals surface area contributed by atoms with Gasteiger partial charge in [0.2, 0.25) is 0 Å². The Bertz CT molecular complexity index is 1250. The lowest BCUT2D eigenvalue weighted by atomic mass is 10.1. The van der Waals surface area contributed by atoms with Crippen LogP contribution in [0.1, 0.15) is 29.8 Å². The number of imidazole rings is 1. The van der Waals surface area contributed by atoms with Crippen molar-refractivity contribution in [3.8, 4) is 11.8 Å². The van der Waals surface area contributed by atoms with E-state index in [-0.39, 0.29) is 0 Å². The molecule has 1 saturated heterocycles. The van der Waals surface area contributed by atoms with E-state index >= 15 is 0 Å². The predicted molar refractivity (Wildman–Crippen MR) is 125 cm³/mol. The van der Waals surface area contributed by atoms with E-state index in [9.17, 15) is 0 Å². The first-order valence-electron chi connectivity index (χ1n) is 10.5. The number of fused-ring (bicyclic) bond motifs is 2. The Morgan fingerprint density at radius 2 is 2.16 bits per heavy atom. The molecule has 0 amide bonds. The topological polar surface area (TPSA) is 93.8 Å². The van der Waals surface area contributed by atoms with Crippen molar-refractivity contribution in [2.45, 2.75) is 25.8 Å². The van der Waals surface area contributed by atoms with Gasteiger partial charge in [-0.15, -0.1) is 0 Å². The maximum atomic E-state index is 5.95. The van der Waals surface area contributed by atoms with E-state index in [0.29, 0.717) is 11.9 Å². The summed E-state index contributed by atoms with van der Waals surface area (Å²) in [6.45, 7) is 4.04. The molecule has 0 bridgehead atoms. The van der Waals surface area contributed by atoms with Crippen LogP contribution >= 0.6 is 0 Å². The summed E-state index contributed by atoms with van der Waals surface area (Å²) >= 11 is 0. The van der Waals surface area contributed by atoms with Crippen molar-refractivity contribution >= 4 is 27.8 Å². The molecule has 0 radical (unpaired) electrons. The average molecular weight is 417 g/mol. The summed E-state index contributed by atoms with van der Waals surface area (Å²) in [5.74, 6) is 7.84. The highest BCUT2D eigenvalue weighted by Gasteiger charge is 2.12. The molecule has 1 aliphatic rings. The first kappa shape index (κ1) is 20.9. The summed E-state index contributed by atoms with van der Waals surface area (Å²) in [5, 5.41) is 4.20. The van der Waals surface area contributed by atoms with Crippen LogP contribution in [0.2, 0.25) is 0 Å². The quantitative estimate of drug-likeness (QED) is 0.437. The Kier molecular flexibility index (Phi) is 6.21. The molecule has 5 rings (SSSR count). The van der Waals surface area contributed by atoms with Crippen molar-refractivity contribution in [1.29, 1.82) is 0 Å². The molecule has 4 aromatic rings. The molecule has 4 heterocycles. The van der Waals surface area contributed by atoms with Gasteiger partial charge in [0, 0.05) is 38.2 Å². The molecule has 3 aromatic heterocycles. The van der Waals surface area contributed by atoms with Crippen LogP contribution in [0.3, 0.4) is 0 Å². The smallest absolute Gasteiger partial charge is 0.134 e. The minimum atomic E-state index is 0.490. The number of H-pyrrole nitrogens is 1. The Hall–Kier alpha value is -3.34. The number of nitrogens with two attached hydrogens (primary N) is 1. The summed E-state index contributed by atoms with van der Waals surface area (Å²) < 4.78 is 7.03. The van der Waals surface area contributed by atoms with Crippen LogP contribution in [0.4, 0.5) is 5.82 Å². The Morgan fingerprint density at radius 1 is 1.29 bits per heavy atom. The van der Waals surface area contributed by atoms with Crippen molar-refractivity contribution in [3.63, 3.8) is 0 Å². The van der Waals surface area contributed by atoms with Crippen LogP contribution in [-0.4, -0.2) is 45.8 Å². The Labute approximate surface area is 182 Å². The first-order chi connectivity index (χ1) is 15.1. The number of anilines is 1. The summed E-state index contributed by atoms with van der Waals surface area (Å²) in [4.78, 5) is 11.8. The largest absolute Gasteiger partial charge is 0.383 e. The third-order valence-corrected chi connectivity index (χ3v) is 5.60. The van der Waals surface area contributed by atoms with Gasteiger partial charge in [0.15, 0.2) is 0 Å². The van der Waals surface area contributed by atoms with Crippen molar-refractivity contribution in [2.75, 3.05) is 26.0 Å². The molecule has 7 nitrogen and oxygen atoms in total. The minimum Gasteiger partial charge on any atom is -0.383 e. The second-order valence-electron chi connectivity index (χ2n) is 7.74. The number of rotatable bonds is 2. The molecule has 4 N–H and O–H groups in total. The number of nitrogens with one attached hydrogen (secondary N) is 2. The summed E-state index contributed by atoms with van der Waals surface area (Å²) in [5.41, 5.74) is 10.7. The zero-order chi connectivity index (χ0) is 21.8. The molecule has 0 aliphatic carbocycles. The highest BCUT2D eigenvalue weighted by molar-refractivity contribution is 5.94. The molecule has 1 fully saturated rings. The lowest BCUT2D eigenvalue weighted by Crippen LogP contribution is -2.25. The number of aromatic nitrogens is 4. The molecule has 31 heavy (non-hydrogen) atoms. The zero-order valence-corrected chi connectivity index (χ0v) is 18.2. The number of hydrogen-bond acceptors (Lipinski definition) is 5. The Morgan fingerprint density at radius 3 is 2.94 bits per heavy atom. The number of pyridine rings is 1. The summed E-state index contributed by atoms with van der Waals surface area (Å²) in [6.07, 6.45) is 6.14. The molecule has 7 heteroatoms. The van der Waals surface area contributed by atoms with Crippen molar-refractivity contribution < 1.29 is 4.74 Å². The molecule has 1 aliphatic heterocycles. The molecule has 0 spiro atoms. The predicted octanol–water partition coefficient (Wildman–Crippen LogP) is 3.12. The van der Waals surface area contributed by atoms with Gasteiger partial charge in [0.25, 0.3) is 0 Å². The molecule has 1 unspecified atom stereocenters. The van der Waals surface area contributed by atoms with Crippen LogP contribution in [0.5, 0.6) is 0 Å². The van der Waals surface area contributed by atoms with Crippen LogP contribution in [0, 0.1) is 18.8 Å². The minimum absolute atomic E-state index is 0.490. The van der Waals surface area contributed by atoms with Gasteiger partial charge >= 0.3 is 0 Å². The van der Waals surface area contributed by atoms with E-state index in [0.717, 1.165) is 45.5 Å². The average Bonchev–Trinajstić information content (AvgIpc) is 3.48. The number of aryl methyl sites for hydroxylation is 2. The van der Waals surface area contributed by atoms with Gasteiger partial charge in [-0.1, -0.05) is 11.8 Å². The monoisotopic (exact) mass is 416 g/mol. The molecule has 160 valence electrons. The number of hydrogen-bond donors (Lipinski definition) is 3. The number of benzene rings is 1. The maximum Gasteiger partial charge on any atom is 0.134 e. The third kappa shape index (κ3) is 4.55. The maximum absolute atomic E-state index is 5.95. The van der Waals surface area contributed by atoms with Crippen molar-refractivity contribution in [2.24, 2.45) is 7.05 Å². The fraction of sp³-hybridized carbons (Fsp3) is 0.333. The van der Waals surface area contributed by atoms with E-state index in [1.807, 2.05) is 44.4 Å². The summed E-state index contributed by atoms with van der Waals surface area (Å²) in [6, 6.07) is 8.59. The van der Waals surface area contributed by atoms with E-state index < -0.39 is 0 Å². The lowest BCUT2D eigenvalue weighted by molar-refractivity contribution is 0.173. The van der Waals surface area contributed by atoms with Gasteiger partial charge in [-0.2, -0.15) is 0 Å². The van der Waals surface area contributed by atoms with E-state index in [1.54, 1.807) is 13.3 Å². The number of aromatic amines is 1. The van der Waals surface area contributed by atoms with Crippen LogP contribution in [0.25, 0.3) is 21.9 Å². The number of ether oxygens (including phenoxy) is 1. The zero-order valence-electron chi connectivity index (χ0n) is 18.2. The van der Waals surface area contributed by atoms with Gasteiger partial charge in [-0.3, -0.25) is 0 Å². The van der Waals surface area contributed by atoms with Crippen LogP contribution in [-0.2, 0) is 11.8 Å². The summed E-state index contributed by atoms with van der Waals surface area (Å²) in [7, 11) is 3.76. The SMILES string of the molecule is COCC1CCCN1.Cc1nc2cc(C#Cc3c[nH]c4ccnc(N)c34)ccc2n1C. The highest BCUT2D eigenvalue weighted by atomic mass is 16.5. The Balaban J connectivity index is 0.000000245. The van der Waals surface area contributed by atoms with E-state index in [2.05, 4.69) is 36.7 Å². The fourth-order valence-corrected chi connectivity index (χ4v) is 3.84. The fourth-order valence-electron chi connectivity index (χ4n) is 3.84. The third-order valence-electron chi connectivity index (χ3n) is 5.60. The van der Waals surface area contributed by atoms with Crippen LogP contribution in [0.15, 0.2) is 36.7 Å². The van der Waals surface area contributed by atoms with Crippen molar-refractivity contribution in [3.05, 3.63) is 53.6 Å². The normalized spacial score (nSPS) is 15.5. The van der Waals surface area contributed by atoms with E-state index in [4.69, 9.17) is 10.5 Å². The standard InChI is InChI=1S/C18H15N5.C6H13NO/c1-11-22-15-9-12(4-6-16(15)23(11)2)3-5-13-10-21-14-7-8-20-18(19)17(13)14;1-8-5-6-3-2-4-7-6/h4,6-10,21H,1-2H3,(H2,19,20);6-7H,2-5H2,1H3. The van der Waals surface area contributed by atoms with Crippen LogP contribution < -0.4 is 11.1 Å². The first-order valence-corrected chi connectivity index (χ1v) is 10.5. The lowest BCUT2D eigenvalue weighted by Gasteiger charge is -2.05. The number of nitrogen functional groups attached to an aromatic ring is 1. The van der Waals surface area contributed by atoms with Gasteiger partial charge in [0.1, 0.15) is 11.6 Å². The van der Waals surface area contributed by atoms with Gasteiger partial charge in [0.05, 0.1) is 34.1 Å². The van der Waals surface area contributed by atoms with Gasteiger partial charge < -0.3 is 25.3 Å². The molecule has 1 atom stereocenters. The van der Waals surface area contributed by atoms with Gasteiger partial charge in [-0.25, -0.2) is 9.97 Å². The molecular weight excluding hydrogens is 388 g/mol. The van der Waals surface area contributed by atoms with Gasteiger partial charge in [-0.05, 0) is 50.6 Å². The second kappa shape index (κ2) is 9.21. The molecule has 1 aromatic carbocycles. The van der Waals surface area contributed by atoms with Crippen molar-refractivity contribution in [1.82, 2.24) is 24.8 Å². The number of nitrogens with zero attached hydrogens (tertiary/aromatic N) is 3.